The van der Waals surface area contributed by atoms with E-state index in [4.69, 9.17) is 9.47 Å². The fourth-order valence-corrected chi connectivity index (χ4v) is 3.24. The molecule has 0 unspecified atom stereocenters. The number of ether oxygens (including phenoxy) is 2. The van der Waals surface area contributed by atoms with Crippen molar-refractivity contribution in [3.8, 4) is 17.0 Å². The summed E-state index contributed by atoms with van der Waals surface area (Å²) in [7, 11) is 1.40. The van der Waals surface area contributed by atoms with E-state index in [1.807, 2.05) is 28.9 Å². The lowest BCUT2D eigenvalue weighted by Crippen LogP contribution is -2.36. The topological polar surface area (TPSA) is 59.2 Å². The zero-order valence-electron chi connectivity index (χ0n) is 14.5. The van der Waals surface area contributed by atoms with Crippen LogP contribution in [0.15, 0.2) is 36.7 Å². The molecule has 1 N–H and O–H groups in total. The van der Waals surface area contributed by atoms with Gasteiger partial charge >= 0.3 is 0 Å². The number of fused-ring (bicyclic) bond motifs is 1. The molecule has 0 aliphatic carbocycles. The van der Waals surface area contributed by atoms with E-state index >= 15 is 0 Å². The van der Waals surface area contributed by atoms with Crippen LogP contribution in [0.4, 0.5) is 10.1 Å². The van der Waals surface area contributed by atoms with Crippen molar-refractivity contribution in [2.75, 3.05) is 38.3 Å². The van der Waals surface area contributed by atoms with Crippen LogP contribution in [-0.2, 0) is 11.3 Å². The number of rotatable bonds is 4. The molecule has 3 aromatic rings. The first kappa shape index (κ1) is 16.8. The Morgan fingerprint density at radius 3 is 2.81 bits per heavy atom. The van der Waals surface area contributed by atoms with Crippen LogP contribution in [0.5, 0.6) is 5.75 Å². The minimum Gasteiger partial charge on any atom is -0.494 e. The Morgan fingerprint density at radius 1 is 1.27 bits per heavy atom. The van der Waals surface area contributed by atoms with Crippen LogP contribution in [0.2, 0.25) is 0 Å². The summed E-state index contributed by atoms with van der Waals surface area (Å²) in [5.41, 5.74) is 3.59. The van der Waals surface area contributed by atoms with Gasteiger partial charge in [0.05, 0.1) is 32.6 Å². The van der Waals surface area contributed by atoms with E-state index in [-0.39, 0.29) is 12.4 Å². The van der Waals surface area contributed by atoms with E-state index < -0.39 is 5.82 Å². The smallest absolute Gasteiger partial charge is 0.165 e. The van der Waals surface area contributed by atoms with Crippen molar-refractivity contribution < 1.29 is 19.0 Å². The summed E-state index contributed by atoms with van der Waals surface area (Å²) in [6.07, 6.45) is 3.77. The summed E-state index contributed by atoms with van der Waals surface area (Å²) in [4.78, 5) is 6.88. The molecule has 26 heavy (non-hydrogen) atoms. The maximum atomic E-state index is 14.2. The molecule has 1 aromatic carbocycles. The van der Waals surface area contributed by atoms with E-state index in [1.54, 1.807) is 0 Å². The molecule has 0 bridgehead atoms. The zero-order chi connectivity index (χ0) is 18.1. The van der Waals surface area contributed by atoms with Gasteiger partial charge in [0.2, 0.25) is 0 Å². The number of nitrogens with zero attached hydrogens (tertiary/aromatic N) is 3. The molecule has 1 aliphatic rings. The average Bonchev–Trinajstić information content (AvgIpc) is 3.11. The lowest BCUT2D eigenvalue weighted by atomic mass is 10.0. The molecule has 3 heterocycles. The van der Waals surface area contributed by atoms with Crippen molar-refractivity contribution in [2.45, 2.75) is 6.61 Å². The Labute approximate surface area is 150 Å². The van der Waals surface area contributed by atoms with Crippen LogP contribution >= 0.6 is 0 Å². The number of imidazole rings is 1. The van der Waals surface area contributed by atoms with Gasteiger partial charge in [-0.05, 0) is 23.8 Å². The number of halogens is 1. The minimum absolute atomic E-state index is 0.108. The molecule has 1 fully saturated rings. The third-order valence-corrected chi connectivity index (χ3v) is 4.64. The summed E-state index contributed by atoms with van der Waals surface area (Å²) in [5, 5.41) is 9.65. The van der Waals surface area contributed by atoms with Crippen molar-refractivity contribution >= 4 is 11.3 Å². The quantitative estimate of drug-likeness (QED) is 0.777. The van der Waals surface area contributed by atoms with Crippen molar-refractivity contribution in [1.29, 1.82) is 0 Å². The number of hydrogen-bond acceptors (Lipinski definition) is 5. The summed E-state index contributed by atoms with van der Waals surface area (Å²) in [6, 6.07) is 6.90. The SMILES string of the molecule is COc1cc(CO)c(-c2cn3ccc(N4CCOCC4)cc3n2)cc1F. The molecule has 0 spiro atoms. The van der Waals surface area contributed by atoms with Gasteiger partial charge in [0.25, 0.3) is 0 Å². The molecule has 7 heteroatoms. The average molecular weight is 357 g/mol. The number of aliphatic hydroxyl groups is 1. The van der Waals surface area contributed by atoms with Gasteiger partial charge in [-0.15, -0.1) is 0 Å². The Morgan fingerprint density at radius 2 is 2.08 bits per heavy atom. The minimum atomic E-state index is -0.481. The predicted octanol–water partition coefficient (Wildman–Crippen LogP) is 2.48. The third kappa shape index (κ3) is 3.00. The van der Waals surface area contributed by atoms with Gasteiger partial charge in [-0.2, -0.15) is 0 Å². The maximum Gasteiger partial charge on any atom is 0.165 e. The highest BCUT2D eigenvalue weighted by Crippen LogP contribution is 2.30. The summed E-state index contributed by atoms with van der Waals surface area (Å²) in [5.74, 6) is -0.373. The summed E-state index contributed by atoms with van der Waals surface area (Å²) < 4.78 is 26.4. The molecule has 1 aliphatic heterocycles. The van der Waals surface area contributed by atoms with Crippen LogP contribution in [0.1, 0.15) is 5.56 Å². The number of aliphatic hydroxyl groups excluding tert-OH is 1. The molecule has 4 rings (SSSR count). The molecule has 6 nitrogen and oxygen atoms in total. The number of methoxy groups -OCH3 is 1. The van der Waals surface area contributed by atoms with E-state index in [0.29, 0.717) is 16.8 Å². The first-order chi connectivity index (χ1) is 12.7. The molecule has 1 saturated heterocycles. The second kappa shape index (κ2) is 6.93. The molecular weight excluding hydrogens is 337 g/mol. The highest BCUT2D eigenvalue weighted by atomic mass is 19.1. The van der Waals surface area contributed by atoms with Gasteiger partial charge in [0, 0.05) is 42.8 Å². The predicted molar refractivity (Wildman–Crippen MR) is 96.1 cm³/mol. The molecule has 0 radical (unpaired) electrons. The Hall–Kier alpha value is -2.64. The van der Waals surface area contributed by atoms with Gasteiger partial charge in [-0.25, -0.2) is 9.37 Å². The summed E-state index contributed by atoms with van der Waals surface area (Å²) in [6.45, 7) is 2.91. The normalized spacial score (nSPS) is 14.8. The van der Waals surface area contributed by atoms with Gasteiger partial charge in [0.1, 0.15) is 5.65 Å². The van der Waals surface area contributed by atoms with Crippen LogP contribution in [0, 0.1) is 5.82 Å². The van der Waals surface area contributed by atoms with Gasteiger partial charge in [-0.3, -0.25) is 0 Å². The van der Waals surface area contributed by atoms with Crippen LogP contribution in [0.25, 0.3) is 16.9 Å². The van der Waals surface area contributed by atoms with Crippen molar-refractivity contribution in [3.63, 3.8) is 0 Å². The van der Waals surface area contributed by atoms with E-state index in [9.17, 15) is 9.50 Å². The number of aromatic nitrogens is 2. The van der Waals surface area contributed by atoms with E-state index in [1.165, 1.54) is 19.2 Å². The van der Waals surface area contributed by atoms with Gasteiger partial charge in [-0.1, -0.05) is 0 Å². The second-order valence-corrected chi connectivity index (χ2v) is 6.18. The molecule has 136 valence electrons. The van der Waals surface area contributed by atoms with Gasteiger partial charge < -0.3 is 23.9 Å². The van der Waals surface area contributed by atoms with Crippen molar-refractivity contribution in [1.82, 2.24) is 9.38 Å². The fourth-order valence-electron chi connectivity index (χ4n) is 3.24. The standard InChI is InChI=1S/C19H20FN3O3/c1-25-18-8-13(12-24)15(10-16(18)20)17-11-23-3-2-14(9-19(23)21-17)22-4-6-26-7-5-22/h2-3,8-11,24H,4-7,12H2,1H3. The van der Waals surface area contributed by atoms with Crippen molar-refractivity contribution in [2.24, 2.45) is 0 Å². The number of anilines is 1. The van der Waals surface area contributed by atoms with Crippen molar-refractivity contribution in [3.05, 3.63) is 48.0 Å². The van der Waals surface area contributed by atoms with Crippen LogP contribution < -0.4 is 9.64 Å². The van der Waals surface area contributed by atoms with Gasteiger partial charge in [0.15, 0.2) is 11.6 Å². The third-order valence-electron chi connectivity index (χ3n) is 4.64. The first-order valence-corrected chi connectivity index (χ1v) is 8.48. The Kier molecular flexibility index (Phi) is 4.48. The highest BCUT2D eigenvalue weighted by molar-refractivity contribution is 5.69. The highest BCUT2D eigenvalue weighted by Gasteiger charge is 2.16. The molecular formula is C19H20FN3O3. The van der Waals surface area contributed by atoms with E-state index in [2.05, 4.69) is 9.88 Å². The lowest BCUT2D eigenvalue weighted by molar-refractivity contribution is 0.122. The molecule has 0 amide bonds. The molecule has 0 atom stereocenters. The number of hydrogen-bond donors (Lipinski definition) is 1. The largest absolute Gasteiger partial charge is 0.494 e. The zero-order valence-corrected chi connectivity index (χ0v) is 14.5. The maximum absolute atomic E-state index is 14.2. The van der Waals surface area contributed by atoms with Crippen LogP contribution in [0.3, 0.4) is 0 Å². The molecule has 0 saturated carbocycles. The number of benzene rings is 1. The number of pyridine rings is 1. The monoisotopic (exact) mass is 357 g/mol. The Bertz CT molecular complexity index is 935. The fraction of sp³-hybridized carbons (Fsp3) is 0.316. The summed E-state index contributed by atoms with van der Waals surface area (Å²) >= 11 is 0. The Balaban J connectivity index is 1.74. The lowest BCUT2D eigenvalue weighted by Gasteiger charge is -2.28. The van der Waals surface area contributed by atoms with Crippen LogP contribution in [-0.4, -0.2) is 47.9 Å². The first-order valence-electron chi connectivity index (χ1n) is 8.48. The van der Waals surface area contributed by atoms with E-state index in [0.717, 1.165) is 37.6 Å². The number of morpholine rings is 1. The molecule has 2 aromatic heterocycles. The second-order valence-electron chi connectivity index (χ2n) is 6.18.